The molecule has 0 amide bonds. The fourth-order valence-electron chi connectivity index (χ4n) is 1.58. The molecule has 0 aliphatic carbocycles. The third kappa shape index (κ3) is 3.11. The predicted molar refractivity (Wildman–Crippen MR) is 76.8 cm³/mol. The number of anilines is 1. The molecule has 1 unspecified atom stereocenters. The smallest absolute Gasteiger partial charge is 0.115 e. The van der Waals surface area contributed by atoms with E-state index in [1.54, 1.807) is 30.3 Å². The van der Waals surface area contributed by atoms with Crippen LogP contribution in [0, 0.1) is 0 Å². The number of halogens is 1. The maximum atomic E-state index is 12.2. The maximum Gasteiger partial charge on any atom is 0.115 e. The molecule has 0 bridgehead atoms. The third-order valence-electron chi connectivity index (χ3n) is 2.43. The van der Waals surface area contributed by atoms with Gasteiger partial charge in [-0.2, -0.15) is 0 Å². The van der Waals surface area contributed by atoms with Crippen LogP contribution in [0.4, 0.5) is 5.69 Å². The Balaban J connectivity index is 2.24. The van der Waals surface area contributed by atoms with E-state index in [1.807, 2.05) is 12.1 Å². The number of nitrogens with two attached hydrogens (primary N) is 1. The molecule has 0 spiro atoms. The lowest BCUT2D eigenvalue weighted by atomic mass is 10.2. The Morgan fingerprint density at radius 2 is 2.00 bits per heavy atom. The lowest BCUT2D eigenvalue weighted by molar-refractivity contribution is 0.475. The second-order valence-electron chi connectivity index (χ2n) is 3.84. The Kier molecular flexibility index (Phi) is 4.04. The van der Waals surface area contributed by atoms with Crippen LogP contribution in [0.5, 0.6) is 5.75 Å². The van der Waals surface area contributed by atoms with Crippen molar-refractivity contribution in [2.75, 3.05) is 5.73 Å². The molecule has 1 atom stereocenters. The van der Waals surface area contributed by atoms with Gasteiger partial charge >= 0.3 is 0 Å². The van der Waals surface area contributed by atoms with Crippen LogP contribution in [0.3, 0.4) is 0 Å². The fraction of sp³-hybridized carbons (Fsp3) is 0.0769. The summed E-state index contributed by atoms with van der Waals surface area (Å²) in [5, 5.41) is 9.36. The van der Waals surface area contributed by atoms with E-state index in [2.05, 4.69) is 15.9 Å². The second-order valence-corrected chi connectivity index (χ2v) is 6.18. The molecule has 2 aromatic rings. The highest BCUT2D eigenvalue weighted by molar-refractivity contribution is 9.10. The number of hydrogen-bond acceptors (Lipinski definition) is 3. The standard InChI is InChI=1S/C13H12BrNO2S/c14-10-4-5-12(15)13(7-10)18(17)8-9-2-1-3-11(16)6-9/h1-7,16H,8,15H2. The molecule has 0 saturated heterocycles. The van der Waals surface area contributed by atoms with Gasteiger partial charge in [-0.1, -0.05) is 28.1 Å². The number of benzene rings is 2. The number of rotatable bonds is 3. The molecule has 0 fully saturated rings. The lowest BCUT2D eigenvalue weighted by Gasteiger charge is -2.07. The molecule has 0 heterocycles. The highest BCUT2D eigenvalue weighted by Crippen LogP contribution is 2.24. The second kappa shape index (κ2) is 5.54. The van der Waals surface area contributed by atoms with Gasteiger partial charge in [0.15, 0.2) is 0 Å². The Labute approximate surface area is 116 Å². The summed E-state index contributed by atoms with van der Waals surface area (Å²) in [5.74, 6) is 0.501. The van der Waals surface area contributed by atoms with Gasteiger partial charge in [0.25, 0.3) is 0 Å². The summed E-state index contributed by atoms with van der Waals surface area (Å²) in [6.07, 6.45) is 0. The summed E-state index contributed by atoms with van der Waals surface area (Å²) in [6, 6.07) is 12.0. The first-order valence-corrected chi connectivity index (χ1v) is 7.39. The molecule has 2 aromatic carbocycles. The fourth-order valence-corrected chi connectivity index (χ4v) is 3.32. The summed E-state index contributed by atoms with van der Waals surface area (Å²) in [7, 11) is -1.23. The van der Waals surface area contributed by atoms with Crippen LogP contribution in [0.15, 0.2) is 51.8 Å². The molecular formula is C13H12BrNO2S. The van der Waals surface area contributed by atoms with Crippen molar-refractivity contribution in [2.24, 2.45) is 0 Å². The van der Waals surface area contributed by atoms with Gasteiger partial charge in [-0.15, -0.1) is 0 Å². The average Bonchev–Trinajstić information content (AvgIpc) is 2.32. The van der Waals surface area contributed by atoms with Crippen LogP contribution in [-0.4, -0.2) is 9.32 Å². The van der Waals surface area contributed by atoms with Gasteiger partial charge in [0.1, 0.15) is 5.75 Å². The third-order valence-corrected chi connectivity index (χ3v) is 4.36. The summed E-state index contributed by atoms with van der Waals surface area (Å²) >= 11 is 3.33. The van der Waals surface area contributed by atoms with Gasteiger partial charge in [0.2, 0.25) is 0 Å². The minimum atomic E-state index is -1.23. The molecule has 0 radical (unpaired) electrons. The lowest BCUT2D eigenvalue weighted by Crippen LogP contribution is -2.00. The Morgan fingerprint density at radius 1 is 1.22 bits per heavy atom. The van der Waals surface area contributed by atoms with E-state index in [0.717, 1.165) is 10.0 Å². The van der Waals surface area contributed by atoms with Crippen LogP contribution in [0.25, 0.3) is 0 Å². The first-order chi connectivity index (χ1) is 8.56. The molecule has 18 heavy (non-hydrogen) atoms. The number of phenolic OH excluding ortho intramolecular Hbond substituents is 1. The van der Waals surface area contributed by atoms with Crippen molar-refractivity contribution in [1.29, 1.82) is 0 Å². The number of nitrogen functional groups attached to an aromatic ring is 1. The van der Waals surface area contributed by atoms with Crippen LogP contribution in [0.1, 0.15) is 5.56 Å². The van der Waals surface area contributed by atoms with Gasteiger partial charge in [-0.05, 0) is 35.9 Å². The quantitative estimate of drug-likeness (QED) is 0.852. The van der Waals surface area contributed by atoms with Crippen LogP contribution >= 0.6 is 15.9 Å². The molecule has 3 N–H and O–H groups in total. The zero-order valence-corrected chi connectivity index (χ0v) is 11.9. The Bertz CT molecular complexity index is 601. The van der Waals surface area contributed by atoms with Gasteiger partial charge < -0.3 is 10.8 Å². The zero-order chi connectivity index (χ0) is 13.1. The van der Waals surface area contributed by atoms with Crippen molar-refractivity contribution < 1.29 is 9.32 Å². The molecule has 94 valence electrons. The van der Waals surface area contributed by atoms with E-state index in [9.17, 15) is 9.32 Å². The van der Waals surface area contributed by atoms with Crippen LogP contribution in [0.2, 0.25) is 0 Å². The Hall–Kier alpha value is -1.33. The van der Waals surface area contributed by atoms with E-state index in [4.69, 9.17) is 5.73 Å². The molecule has 2 rings (SSSR count). The number of phenols is 1. The number of aromatic hydroxyl groups is 1. The van der Waals surface area contributed by atoms with Crippen molar-refractivity contribution in [1.82, 2.24) is 0 Å². The molecule has 3 nitrogen and oxygen atoms in total. The van der Waals surface area contributed by atoms with E-state index in [0.29, 0.717) is 16.3 Å². The monoisotopic (exact) mass is 325 g/mol. The summed E-state index contributed by atoms with van der Waals surface area (Å²) < 4.78 is 13.1. The molecule has 0 aromatic heterocycles. The van der Waals surface area contributed by atoms with Gasteiger partial charge in [-0.3, -0.25) is 4.21 Å². The highest BCUT2D eigenvalue weighted by Gasteiger charge is 2.10. The van der Waals surface area contributed by atoms with Gasteiger partial charge in [-0.25, -0.2) is 0 Å². The first-order valence-electron chi connectivity index (χ1n) is 5.27. The maximum absolute atomic E-state index is 12.2. The van der Waals surface area contributed by atoms with Gasteiger partial charge in [0.05, 0.1) is 21.4 Å². The highest BCUT2D eigenvalue weighted by atomic mass is 79.9. The van der Waals surface area contributed by atoms with E-state index >= 15 is 0 Å². The Morgan fingerprint density at radius 3 is 2.72 bits per heavy atom. The largest absolute Gasteiger partial charge is 0.508 e. The van der Waals surface area contributed by atoms with Crippen molar-refractivity contribution in [2.45, 2.75) is 10.6 Å². The average molecular weight is 326 g/mol. The predicted octanol–water partition coefficient (Wildman–Crippen LogP) is 3.04. The minimum Gasteiger partial charge on any atom is -0.508 e. The van der Waals surface area contributed by atoms with E-state index < -0.39 is 10.8 Å². The molecular weight excluding hydrogens is 314 g/mol. The SMILES string of the molecule is Nc1ccc(Br)cc1S(=O)Cc1cccc(O)c1. The summed E-state index contributed by atoms with van der Waals surface area (Å²) in [5.41, 5.74) is 7.13. The minimum absolute atomic E-state index is 0.173. The molecule has 5 heteroatoms. The van der Waals surface area contributed by atoms with Gasteiger partial charge in [0, 0.05) is 10.2 Å². The van der Waals surface area contributed by atoms with Crippen molar-refractivity contribution in [3.63, 3.8) is 0 Å². The van der Waals surface area contributed by atoms with E-state index in [1.165, 1.54) is 0 Å². The van der Waals surface area contributed by atoms with Crippen LogP contribution < -0.4 is 5.73 Å². The zero-order valence-electron chi connectivity index (χ0n) is 9.47. The molecule has 0 aliphatic rings. The normalized spacial score (nSPS) is 12.3. The summed E-state index contributed by atoms with van der Waals surface area (Å²) in [4.78, 5) is 0.604. The van der Waals surface area contributed by atoms with Crippen molar-refractivity contribution in [3.8, 4) is 5.75 Å². The number of hydrogen-bond donors (Lipinski definition) is 2. The molecule has 0 saturated carbocycles. The molecule has 0 aliphatic heterocycles. The topological polar surface area (TPSA) is 63.3 Å². The van der Waals surface area contributed by atoms with E-state index in [-0.39, 0.29) is 5.75 Å². The first kappa shape index (κ1) is 13.1. The van der Waals surface area contributed by atoms with Crippen LogP contribution in [-0.2, 0) is 16.6 Å². The van der Waals surface area contributed by atoms with Crippen molar-refractivity contribution in [3.05, 3.63) is 52.5 Å². The summed E-state index contributed by atoms with van der Waals surface area (Å²) in [6.45, 7) is 0. The van der Waals surface area contributed by atoms with Crippen molar-refractivity contribution >= 4 is 32.4 Å².